The zero-order chi connectivity index (χ0) is 40.3. The molecule has 1 aromatic heterocycles. The first-order chi connectivity index (χ1) is 29.3. The van der Waals surface area contributed by atoms with E-state index < -0.39 is 0 Å². The Bertz CT molecular complexity index is 3340. The maximum Gasteiger partial charge on any atom is 0.0543 e. The normalized spacial score (nSPS) is 14.3. The van der Waals surface area contributed by atoms with Gasteiger partial charge in [-0.1, -0.05) is 179 Å². The Balaban J connectivity index is 1.12. The first-order valence-electron chi connectivity index (χ1n) is 21.2. The van der Waals surface area contributed by atoms with Gasteiger partial charge in [0.1, 0.15) is 0 Å². The Hall–Kier alpha value is -7.16. The molecule has 0 bridgehead atoms. The highest BCUT2D eigenvalue weighted by molar-refractivity contribution is 6.12. The van der Waals surface area contributed by atoms with Crippen molar-refractivity contribution in [1.82, 2.24) is 4.57 Å². The number of para-hydroxylation sites is 3. The number of anilines is 3. The fourth-order valence-electron chi connectivity index (χ4n) is 11.0. The van der Waals surface area contributed by atoms with Crippen LogP contribution in [0, 0.1) is 0 Å². The first-order valence-corrected chi connectivity index (χ1v) is 21.2. The number of aromatic nitrogens is 1. The van der Waals surface area contributed by atoms with E-state index >= 15 is 0 Å². The average molecular weight is 769 g/mol. The Kier molecular flexibility index (Phi) is 7.36. The number of hydrogen-bond acceptors (Lipinski definition) is 1. The molecule has 0 amide bonds. The molecule has 60 heavy (non-hydrogen) atoms. The summed E-state index contributed by atoms with van der Waals surface area (Å²) in [6.45, 7) is 9.51. The van der Waals surface area contributed by atoms with E-state index in [4.69, 9.17) is 0 Å². The lowest BCUT2D eigenvalue weighted by Crippen LogP contribution is -2.17. The molecule has 2 nitrogen and oxygen atoms in total. The topological polar surface area (TPSA) is 8.17 Å². The van der Waals surface area contributed by atoms with Crippen LogP contribution in [0.25, 0.3) is 71.6 Å². The molecule has 0 spiro atoms. The molecule has 10 aromatic rings. The molecule has 0 atom stereocenters. The number of rotatable bonds is 5. The Morgan fingerprint density at radius 3 is 1.62 bits per heavy atom. The lowest BCUT2D eigenvalue weighted by molar-refractivity contribution is 0.660. The van der Waals surface area contributed by atoms with Gasteiger partial charge in [0.05, 0.1) is 28.1 Å². The average Bonchev–Trinajstić information content (AvgIpc) is 3.83. The third kappa shape index (κ3) is 4.76. The summed E-state index contributed by atoms with van der Waals surface area (Å²) < 4.78 is 2.45. The maximum atomic E-state index is 2.56. The third-order valence-corrected chi connectivity index (χ3v) is 13.8. The van der Waals surface area contributed by atoms with Crippen molar-refractivity contribution in [3.05, 3.63) is 216 Å². The van der Waals surface area contributed by atoms with Crippen LogP contribution in [-0.4, -0.2) is 4.57 Å². The summed E-state index contributed by atoms with van der Waals surface area (Å²) in [7, 11) is 0. The van der Waals surface area contributed by atoms with Gasteiger partial charge < -0.3 is 9.47 Å². The predicted octanol–water partition coefficient (Wildman–Crippen LogP) is 15.7. The fraction of sp³-hybridized carbons (Fsp3) is 0.103. The summed E-state index contributed by atoms with van der Waals surface area (Å²) in [6.07, 6.45) is 0. The van der Waals surface area contributed by atoms with Crippen molar-refractivity contribution in [1.29, 1.82) is 0 Å². The van der Waals surface area contributed by atoms with Gasteiger partial charge in [-0.05, 0) is 92.4 Å². The molecule has 2 aliphatic carbocycles. The van der Waals surface area contributed by atoms with Gasteiger partial charge in [0.2, 0.25) is 0 Å². The van der Waals surface area contributed by atoms with E-state index in [2.05, 4.69) is 231 Å². The van der Waals surface area contributed by atoms with Gasteiger partial charge in [0.25, 0.3) is 0 Å². The van der Waals surface area contributed by atoms with Gasteiger partial charge in [-0.2, -0.15) is 0 Å². The van der Waals surface area contributed by atoms with Crippen LogP contribution in [0.15, 0.2) is 194 Å². The summed E-state index contributed by atoms with van der Waals surface area (Å²) in [5.74, 6) is 0. The van der Waals surface area contributed by atoms with E-state index in [-0.39, 0.29) is 10.8 Å². The summed E-state index contributed by atoms with van der Waals surface area (Å²) in [4.78, 5) is 2.56. The molecule has 0 saturated carbocycles. The Morgan fingerprint density at radius 2 is 0.850 bits per heavy atom. The zero-order valence-corrected chi connectivity index (χ0v) is 34.4. The smallest absolute Gasteiger partial charge is 0.0543 e. The van der Waals surface area contributed by atoms with Crippen LogP contribution in [0.2, 0.25) is 0 Å². The molecule has 286 valence electrons. The fourth-order valence-corrected chi connectivity index (χ4v) is 11.0. The zero-order valence-electron chi connectivity index (χ0n) is 34.4. The minimum Gasteiger partial charge on any atom is -0.309 e. The molecule has 12 rings (SSSR count). The van der Waals surface area contributed by atoms with Gasteiger partial charge in [-0.3, -0.25) is 0 Å². The van der Waals surface area contributed by atoms with Crippen LogP contribution in [0.5, 0.6) is 0 Å². The number of fused-ring (bicyclic) bond motifs is 10. The van der Waals surface area contributed by atoms with Gasteiger partial charge in [0.15, 0.2) is 0 Å². The molecule has 0 saturated heterocycles. The molecular weight excluding hydrogens is 725 g/mol. The van der Waals surface area contributed by atoms with E-state index in [1.807, 2.05) is 0 Å². The SMILES string of the molecule is CC1(C)c2ccccc2-c2ccc(N(c3cccc4c3-c3ccccc3C4(C)C)c3cccc4c(-c5ccccc5-n5c6ccccc6c6ccccc65)cccc34)cc21. The van der Waals surface area contributed by atoms with Crippen molar-refractivity contribution in [2.75, 3.05) is 4.90 Å². The second-order valence-corrected chi connectivity index (χ2v) is 17.7. The van der Waals surface area contributed by atoms with Crippen LogP contribution >= 0.6 is 0 Å². The lowest BCUT2D eigenvalue weighted by atomic mass is 9.82. The molecule has 0 N–H and O–H groups in total. The summed E-state index contributed by atoms with van der Waals surface area (Å²) in [6, 6.07) is 72.3. The van der Waals surface area contributed by atoms with Crippen LogP contribution in [0.3, 0.4) is 0 Å². The Morgan fingerprint density at radius 1 is 0.350 bits per heavy atom. The lowest BCUT2D eigenvalue weighted by Gasteiger charge is -2.31. The monoisotopic (exact) mass is 768 g/mol. The molecule has 0 fully saturated rings. The van der Waals surface area contributed by atoms with Gasteiger partial charge in [0, 0.05) is 43.8 Å². The largest absolute Gasteiger partial charge is 0.309 e. The quantitative estimate of drug-likeness (QED) is 0.169. The summed E-state index contributed by atoms with van der Waals surface area (Å²) >= 11 is 0. The van der Waals surface area contributed by atoms with E-state index in [1.54, 1.807) is 0 Å². The van der Waals surface area contributed by atoms with Crippen molar-refractivity contribution < 1.29 is 0 Å². The molecule has 9 aromatic carbocycles. The van der Waals surface area contributed by atoms with Crippen LogP contribution in [0.4, 0.5) is 17.1 Å². The van der Waals surface area contributed by atoms with Crippen molar-refractivity contribution >= 4 is 49.6 Å². The van der Waals surface area contributed by atoms with Crippen molar-refractivity contribution in [2.24, 2.45) is 0 Å². The molecule has 2 heteroatoms. The van der Waals surface area contributed by atoms with Crippen molar-refractivity contribution in [3.63, 3.8) is 0 Å². The second kappa shape index (κ2) is 12.7. The van der Waals surface area contributed by atoms with Crippen LogP contribution in [-0.2, 0) is 10.8 Å². The highest BCUT2D eigenvalue weighted by Crippen LogP contribution is 2.56. The molecule has 0 unspecified atom stereocenters. The van der Waals surface area contributed by atoms with Crippen molar-refractivity contribution in [2.45, 2.75) is 38.5 Å². The van der Waals surface area contributed by atoms with E-state index in [9.17, 15) is 0 Å². The molecule has 0 aliphatic heterocycles. The maximum absolute atomic E-state index is 2.56. The molecule has 1 heterocycles. The van der Waals surface area contributed by atoms with Crippen LogP contribution < -0.4 is 4.90 Å². The van der Waals surface area contributed by atoms with Crippen LogP contribution in [0.1, 0.15) is 49.9 Å². The number of benzene rings is 9. The summed E-state index contributed by atoms with van der Waals surface area (Å²) in [5, 5.41) is 4.95. The third-order valence-electron chi connectivity index (χ3n) is 13.8. The number of hydrogen-bond donors (Lipinski definition) is 0. The minimum absolute atomic E-state index is 0.127. The summed E-state index contributed by atoms with van der Waals surface area (Å²) in [5.41, 5.74) is 20.0. The van der Waals surface area contributed by atoms with E-state index in [0.29, 0.717) is 0 Å². The van der Waals surface area contributed by atoms with Gasteiger partial charge in [-0.25, -0.2) is 0 Å². The standard InChI is InChI=1S/C58H44N2/c1-57(2)48-27-11-6-22-46(48)56-49(57)28-17-33-55(56)59(37-34-35-41-40-18-5-10-26-47(40)58(3,4)50(41)36-37)51-32-16-24-39-38(23-15-25-43(39)51)42-19-7-12-29-52(42)60-53-30-13-8-20-44(53)45-21-9-14-31-54(45)60/h5-36H,1-4H3. The molecular formula is C58H44N2. The molecule has 2 aliphatic rings. The van der Waals surface area contributed by atoms with E-state index in [0.717, 1.165) is 11.4 Å². The second-order valence-electron chi connectivity index (χ2n) is 17.7. The van der Waals surface area contributed by atoms with Crippen molar-refractivity contribution in [3.8, 4) is 39.1 Å². The number of nitrogens with zero attached hydrogens (tertiary/aromatic N) is 2. The first kappa shape index (κ1) is 34.8. The minimum atomic E-state index is -0.136. The predicted molar refractivity (Wildman–Crippen MR) is 254 cm³/mol. The Labute approximate surface area is 351 Å². The molecule has 0 radical (unpaired) electrons. The van der Waals surface area contributed by atoms with Gasteiger partial charge in [-0.15, -0.1) is 0 Å². The highest BCUT2D eigenvalue weighted by atomic mass is 15.1. The van der Waals surface area contributed by atoms with Gasteiger partial charge >= 0.3 is 0 Å². The highest BCUT2D eigenvalue weighted by Gasteiger charge is 2.39. The van der Waals surface area contributed by atoms with E-state index in [1.165, 1.54) is 99.6 Å².